The van der Waals surface area contributed by atoms with E-state index in [-0.39, 0.29) is 24.4 Å². The maximum absolute atomic E-state index is 12.6. The normalized spacial score (nSPS) is 10.8. The van der Waals surface area contributed by atoms with Crippen molar-refractivity contribution in [2.24, 2.45) is 0 Å². The van der Waals surface area contributed by atoms with Crippen molar-refractivity contribution in [1.82, 2.24) is 4.57 Å². The smallest absolute Gasteiger partial charge is 0.251 e. The van der Waals surface area contributed by atoms with Gasteiger partial charge in [-0.25, -0.2) is 0 Å². The van der Waals surface area contributed by atoms with E-state index >= 15 is 0 Å². The standard InChI is InChI=1S/C21H21ClN2O3/c1-13-7-8-15(22)12-17(13)23-19(25)9-10-24-20(26)11-14(2)16-5-4-6-18(27-3)21(16)24/h4-8,11-12H,9-10H2,1-3H3,(H,23,25). The quantitative estimate of drug-likeness (QED) is 0.713. The van der Waals surface area contributed by atoms with Gasteiger partial charge in [-0.2, -0.15) is 0 Å². The third kappa shape index (κ3) is 3.98. The number of nitrogens with one attached hydrogen (secondary N) is 1. The summed E-state index contributed by atoms with van der Waals surface area (Å²) in [5.41, 5.74) is 3.02. The Bertz CT molecular complexity index is 1070. The minimum atomic E-state index is -0.184. The number of aromatic nitrogens is 1. The number of benzene rings is 2. The second kappa shape index (κ2) is 7.84. The summed E-state index contributed by atoms with van der Waals surface area (Å²) in [5.74, 6) is 0.426. The summed E-state index contributed by atoms with van der Waals surface area (Å²) >= 11 is 6.00. The molecule has 0 unspecified atom stereocenters. The van der Waals surface area contributed by atoms with Crippen LogP contribution in [0.1, 0.15) is 17.5 Å². The Kier molecular flexibility index (Phi) is 5.51. The van der Waals surface area contributed by atoms with Crippen LogP contribution >= 0.6 is 11.6 Å². The van der Waals surface area contributed by atoms with Crippen LogP contribution in [0.15, 0.2) is 47.3 Å². The molecule has 0 atom stereocenters. The van der Waals surface area contributed by atoms with Crippen LogP contribution in [-0.4, -0.2) is 17.6 Å². The number of hydrogen-bond acceptors (Lipinski definition) is 3. The summed E-state index contributed by atoms with van der Waals surface area (Å²) in [6.45, 7) is 4.04. The van der Waals surface area contributed by atoms with Gasteiger partial charge in [-0.1, -0.05) is 29.8 Å². The van der Waals surface area contributed by atoms with Crippen LogP contribution in [0.5, 0.6) is 5.75 Å². The number of fused-ring (bicyclic) bond motifs is 1. The number of para-hydroxylation sites is 1. The minimum Gasteiger partial charge on any atom is -0.495 e. The number of anilines is 1. The topological polar surface area (TPSA) is 60.3 Å². The number of methoxy groups -OCH3 is 1. The Hall–Kier alpha value is -2.79. The van der Waals surface area contributed by atoms with Gasteiger partial charge in [0.2, 0.25) is 5.91 Å². The summed E-state index contributed by atoms with van der Waals surface area (Å²) in [7, 11) is 1.57. The van der Waals surface area contributed by atoms with Crippen LogP contribution in [0.2, 0.25) is 5.02 Å². The largest absolute Gasteiger partial charge is 0.495 e. The Morgan fingerprint density at radius 3 is 2.67 bits per heavy atom. The first-order chi connectivity index (χ1) is 12.9. The van der Waals surface area contributed by atoms with Crippen LogP contribution in [0.3, 0.4) is 0 Å². The zero-order valence-electron chi connectivity index (χ0n) is 15.5. The van der Waals surface area contributed by atoms with E-state index in [0.717, 1.165) is 16.5 Å². The van der Waals surface area contributed by atoms with Crippen molar-refractivity contribution in [3.63, 3.8) is 0 Å². The van der Waals surface area contributed by atoms with Crippen LogP contribution in [-0.2, 0) is 11.3 Å². The fraction of sp³-hybridized carbons (Fsp3) is 0.238. The highest BCUT2D eigenvalue weighted by Gasteiger charge is 2.13. The molecular formula is C21H21ClN2O3. The highest BCUT2D eigenvalue weighted by atomic mass is 35.5. The van der Waals surface area contributed by atoms with Gasteiger partial charge in [0.15, 0.2) is 0 Å². The molecule has 0 fully saturated rings. The highest BCUT2D eigenvalue weighted by Crippen LogP contribution is 2.26. The molecule has 0 saturated heterocycles. The first-order valence-electron chi connectivity index (χ1n) is 8.64. The lowest BCUT2D eigenvalue weighted by molar-refractivity contribution is -0.116. The van der Waals surface area contributed by atoms with Crippen molar-refractivity contribution in [3.05, 3.63) is 69.0 Å². The Morgan fingerprint density at radius 2 is 1.93 bits per heavy atom. The van der Waals surface area contributed by atoms with E-state index in [1.807, 2.05) is 38.1 Å². The van der Waals surface area contributed by atoms with Crippen LogP contribution < -0.4 is 15.6 Å². The van der Waals surface area contributed by atoms with E-state index in [9.17, 15) is 9.59 Å². The second-order valence-electron chi connectivity index (χ2n) is 6.43. The van der Waals surface area contributed by atoms with Gasteiger partial charge in [0.25, 0.3) is 5.56 Å². The fourth-order valence-corrected chi connectivity index (χ4v) is 3.28. The van der Waals surface area contributed by atoms with E-state index < -0.39 is 0 Å². The maximum Gasteiger partial charge on any atom is 0.251 e. The summed E-state index contributed by atoms with van der Waals surface area (Å²) < 4.78 is 7.02. The molecule has 1 aromatic heterocycles. The second-order valence-corrected chi connectivity index (χ2v) is 6.87. The molecule has 6 heteroatoms. The first kappa shape index (κ1) is 19.0. The predicted molar refractivity (Wildman–Crippen MR) is 109 cm³/mol. The number of ether oxygens (including phenoxy) is 1. The zero-order chi connectivity index (χ0) is 19.6. The zero-order valence-corrected chi connectivity index (χ0v) is 16.3. The monoisotopic (exact) mass is 384 g/mol. The number of hydrogen-bond donors (Lipinski definition) is 1. The van der Waals surface area contributed by atoms with Gasteiger partial charge in [-0.3, -0.25) is 9.59 Å². The average Bonchev–Trinajstić information content (AvgIpc) is 2.64. The van der Waals surface area contributed by atoms with Crippen molar-refractivity contribution >= 4 is 34.1 Å². The van der Waals surface area contributed by atoms with Gasteiger partial charge in [0, 0.05) is 35.1 Å². The predicted octanol–water partition coefficient (Wildman–Crippen LogP) is 4.31. The summed E-state index contributed by atoms with van der Waals surface area (Å²) in [5, 5.41) is 4.35. The third-order valence-electron chi connectivity index (χ3n) is 4.56. The Morgan fingerprint density at radius 1 is 1.15 bits per heavy atom. The molecule has 0 aliphatic carbocycles. The highest BCUT2D eigenvalue weighted by molar-refractivity contribution is 6.31. The van der Waals surface area contributed by atoms with Gasteiger partial charge < -0.3 is 14.6 Å². The number of carbonyl (C=O) groups is 1. The average molecular weight is 385 g/mol. The van der Waals surface area contributed by atoms with E-state index in [0.29, 0.717) is 22.0 Å². The van der Waals surface area contributed by atoms with Crippen LogP contribution in [0.4, 0.5) is 5.69 Å². The molecule has 5 nitrogen and oxygen atoms in total. The molecule has 1 heterocycles. The summed E-state index contributed by atoms with van der Waals surface area (Å²) in [4.78, 5) is 25.0. The first-order valence-corrected chi connectivity index (χ1v) is 9.01. The van der Waals surface area contributed by atoms with Gasteiger partial charge in [0.05, 0.1) is 12.6 Å². The number of amides is 1. The number of nitrogens with zero attached hydrogens (tertiary/aromatic N) is 1. The van der Waals surface area contributed by atoms with Crippen LogP contribution in [0, 0.1) is 13.8 Å². The molecule has 3 aromatic rings. The number of halogens is 1. The molecule has 0 spiro atoms. The Balaban J connectivity index is 1.88. The lowest BCUT2D eigenvalue weighted by Gasteiger charge is -2.15. The third-order valence-corrected chi connectivity index (χ3v) is 4.79. The lowest BCUT2D eigenvalue weighted by atomic mass is 10.1. The molecule has 140 valence electrons. The number of aryl methyl sites for hydroxylation is 3. The Labute approximate surface area is 162 Å². The molecule has 0 bridgehead atoms. The number of rotatable bonds is 5. The van der Waals surface area contributed by atoms with E-state index in [2.05, 4.69) is 5.32 Å². The van der Waals surface area contributed by atoms with Crippen molar-refractivity contribution in [2.75, 3.05) is 12.4 Å². The van der Waals surface area contributed by atoms with Gasteiger partial charge >= 0.3 is 0 Å². The molecule has 0 aliphatic heterocycles. The number of carbonyl (C=O) groups excluding carboxylic acids is 1. The molecule has 1 N–H and O–H groups in total. The fourth-order valence-electron chi connectivity index (χ4n) is 3.11. The lowest BCUT2D eigenvalue weighted by Crippen LogP contribution is -2.24. The molecule has 3 rings (SSSR count). The molecule has 0 saturated carbocycles. The SMILES string of the molecule is COc1cccc2c(C)cc(=O)n(CCC(=O)Nc3cc(Cl)ccc3C)c12. The van der Waals surface area contributed by atoms with E-state index in [1.54, 1.807) is 29.9 Å². The van der Waals surface area contributed by atoms with Crippen molar-refractivity contribution < 1.29 is 9.53 Å². The molecule has 0 aliphatic rings. The minimum absolute atomic E-state index is 0.155. The van der Waals surface area contributed by atoms with Crippen LogP contribution in [0.25, 0.3) is 10.9 Å². The summed E-state index contributed by atoms with van der Waals surface area (Å²) in [6, 6.07) is 12.6. The number of pyridine rings is 1. The van der Waals surface area contributed by atoms with Gasteiger partial charge in [-0.05, 0) is 43.2 Å². The van der Waals surface area contributed by atoms with Crippen molar-refractivity contribution in [3.8, 4) is 5.75 Å². The van der Waals surface area contributed by atoms with E-state index in [1.165, 1.54) is 0 Å². The van der Waals surface area contributed by atoms with Gasteiger partial charge in [0.1, 0.15) is 5.75 Å². The van der Waals surface area contributed by atoms with Crippen molar-refractivity contribution in [2.45, 2.75) is 26.8 Å². The summed E-state index contributed by atoms with van der Waals surface area (Å²) in [6.07, 6.45) is 0.155. The van der Waals surface area contributed by atoms with Crippen molar-refractivity contribution in [1.29, 1.82) is 0 Å². The molecular weight excluding hydrogens is 364 g/mol. The van der Waals surface area contributed by atoms with Gasteiger partial charge in [-0.15, -0.1) is 0 Å². The van der Waals surface area contributed by atoms with E-state index in [4.69, 9.17) is 16.3 Å². The molecule has 2 aromatic carbocycles. The molecule has 27 heavy (non-hydrogen) atoms. The molecule has 1 amide bonds. The molecule has 0 radical (unpaired) electrons. The maximum atomic E-state index is 12.6.